The Labute approximate surface area is 337 Å². The molecule has 9 aromatic carbocycles. The second-order valence-electron chi connectivity index (χ2n) is 14.2. The van der Waals surface area contributed by atoms with E-state index in [9.17, 15) is 0 Å². The summed E-state index contributed by atoms with van der Waals surface area (Å²) in [6.45, 7) is 0. The van der Waals surface area contributed by atoms with Crippen molar-refractivity contribution in [2.45, 2.75) is 0 Å². The van der Waals surface area contributed by atoms with Gasteiger partial charge in [0.1, 0.15) is 0 Å². The molecule has 0 N–H and O–H groups in total. The predicted molar refractivity (Wildman–Crippen MR) is 245 cm³/mol. The van der Waals surface area contributed by atoms with Crippen LogP contribution in [0.4, 0.5) is 34.1 Å². The first-order valence-electron chi connectivity index (χ1n) is 19.3. The molecule has 2 nitrogen and oxygen atoms in total. The molecule has 57 heavy (non-hydrogen) atoms. The van der Waals surface area contributed by atoms with Crippen molar-refractivity contribution in [3.05, 3.63) is 231 Å². The molecule has 0 saturated heterocycles. The lowest BCUT2D eigenvalue weighted by Crippen LogP contribution is -2.10. The highest BCUT2D eigenvalue weighted by atomic mass is 32.1. The van der Waals surface area contributed by atoms with Crippen molar-refractivity contribution in [3.8, 4) is 33.4 Å². The molecule has 0 amide bonds. The van der Waals surface area contributed by atoms with Crippen LogP contribution in [-0.4, -0.2) is 0 Å². The third-order valence-electron chi connectivity index (χ3n) is 10.7. The quantitative estimate of drug-likeness (QED) is 0.145. The summed E-state index contributed by atoms with van der Waals surface area (Å²) in [6.07, 6.45) is 0. The van der Waals surface area contributed by atoms with Crippen LogP contribution in [0.3, 0.4) is 0 Å². The fourth-order valence-corrected chi connectivity index (χ4v) is 8.88. The summed E-state index contributed by atoms with van der Waals surface area (Å²) in [7, 11) is 0. The molecular formula is C54H38N2S. The average molecular weight is 747 g/mol. The van der Waals surface area contributed by atoms with Gasteiger partial charge < -0.3 is 9.80 Å². The second-order valence-corrected chi connectivity index (χ2v) is 15.3. The second kappa shape index (κ2) is 15.1. The van der Waals surface area contributed by atoms with Gasteiger partial charge in [0.2, 0.25) is 0 Å². The number of anilines is 6. The first-order valence-corrected chi connectivity index (χ1v) is 20.1. The van der Waals surface area contributed by atoms with Crippen molar-refractivity contribution < 1.29 is 0 Å². The third-order valence-corrected chi connectivity index (χ3v) is 11.8. The number of nitrogens with zero attached hydrogens (tertiary/aromatic N) is 2. The summed E-state index contributed by atoms with van der Waals surface area (Å²) < 4.78 is 2.61. The van der Waals surface area contributed by atoms with Gasteiger partial charge in [-0.25, -0.2) is 0 Å². The molecule has 0 radical (unpaired) electrons. The Kier molecular flexibility index (Phi) is 9.11. The lowest BCUT2D eigenvalue weighted by atomic mass is 10.0. The SMILES string of the molecule is c1ccc(-c2ccc(N(c3ccccc3)c3ccc(-c4ccc(N(c5ccc(-c6ccccc6)cc5)c5ccc6sc7ccccc7c6c5)cc4)cc3)cc2)cc1. The van der Waals surface area contributed by atoms with Crippen LogP contribution >= 0.6 is 11.3 Å². The normalized spacial score (nSPS) is 11.2. The van der Waals surface area contributed by atoms with Gasteiger partial charge >= 0.3 is 0 Å². The van der Waals surface area contributed by atoms with Crippen LogP contribution in [0.15, 0.2) is 231 Å². The van der Waals surface area contributed by atoms with Gasteiger partial charge in [0.25, 0.3) is 0 Å². The Morgan fingerprint density at radius 3 is 1.00 bits per heavy atom. The van der Waals surface area contributed by atoms with Gasteiger partial charge in [-0.2, -0.15) is 0 Å². The maximum Gasteiger partial charge on any atom is 0.0468 e. The first-order chi connectivity index (χ1) is 28.2. The molecule has 0 spiro atoms. The van der Waals surface area contributed by atoms with E-state index in [0.29, 0.717) is 0 Å². The zero-order valence-corrected chi connectivity index (χ0v) is 32.1. The average Bonchev–Trinajstić information content (AvgIpc) is 3.67. The van der Waals surface area contributed by atoms with Crippen molar-refractivity contribution in [3.63, 3.8) is 0 Å². The largest absolute Gasteiger partial charge is 0.311 e. The summed E-state index contributed by atoms with van der Waals surface area (Å²) in [5.74, 6) is 0. The molecule has 1 heterocycles. The zero-order chi connectivity index (χ0) is 38.0. The lowest BCUT2D eigenvalue weighted by Gasteiger charge is -2.26. The molecule has 270 valence electrons. The molecule has 1 aromatic heterocycles. The van der Waals surface area contributed by atoms with Crippen LogP contribution in [-0.2, 0) is 0 Å². The van der Waals surface area contributed by atoms with Gasteiger partial charge in [-0.3, -0.25) is 0 Å². The molecular weight excluding hydrogens is 709 g/mol. The summed E-state index contributed by atoms with van der Waals surface area (Å²) in [4.78, 5) is 4.68. The van der Waals surface area contributed by atoms with E-state index in [2.05, 4.69) is 240 Å². The highest BCUT2D eigenvalue weighted by Crippen LogP contribution is 2.42. The van der Waals surface area contributed by atoms with Gasteiger partial charge in [-0.05, 0) is 118 Å². The van der Waals surface area contributed by atoms with Gasteiger partial charge in [0, 0.05) is 54.3 Å². The van der Waals surface area contributed by atoms with E-state index in [0.717, 1.165) is 34.1 Å². The number of hydrogen-bond acceptors (Lipinski definition) is 3. The minimum absolute atomic E-state index is 1.11. The Morgan fingerprint density at radius 2 is 0.544 bits per heavy atom. The molecule has 0 aliphatic heterocycles. The van der Waals surface area contributed by atoms with Gasteiger partial charge in [-0.15, -0.1) is 11.3 Å². The number of para-hydroxylation sites is 1. The van der Waals surface area contributed by atoms with Crippen LogP contribution in [0.5, 0.6) is 0 Å². The molecule has 0 saturated carbocycles. The van der Waals surface area contributed by atoms with Gasteiger partial charge in [0.05, 0.1) is 0 Å². The van der Waals surface area contributed by atoms with E-state index < -0.39 is 0 Å². The Balaban J connectivity index is 0.982. The summed E-state index contributed by atoms with van der Waals surface area (Å²) in [6, 6.07) is 82.9. The fraction of sp³-hybridized carbons (Fsp3) is 0. The number of benzene rings is 9. The van der Waals surface area contributed by atoms with Crippen LogP contribution in [0, 0.1) is 0 Å². The van der Waals surface area contributed by atoms with Crippen LogP contribution in [0.25, 0.3) is 53.6 Å². The van der Waals surface area contributed by atoms with Crippen molar-refractivity contribution >= 4 is 65.6 Å². The van der Waals surface area contributed by atoms with Gasteiger partial charge in [-0.1, -0.05) is 146 Å². The summed E-state index contributed by atoms with van der Waals surface area (Å²) in [5, 5.41) is 2.58. The Morgan fingerprint density at radius 1 is 0.228 bits per heavy atom. The minimum atomic E-state index is 1.11. The van der Waals surface area contributed by atoms with Crippen molar-refractivity contribution in [1.82, 2.24) is 0 Å². The van der Waals surface area contributed by atoms with Crippen LogP contribution < -0.4 is 9.80 Å². The predicted octanol–water partition coefficient (Wildman–Crippen LogP) is 16.0. The van der Waals surface area contributed by atoms with E-state index >= 15 is 0 Å². The molecule has 3 heteroatoms. The number of rotatable bonds is 9. The number of fused-ring (bicyclic) bond motifs is 3. The van der Waals surface area contributed by atoms with E-state index in [1.54, 1.807) is 0 Å². The maximum absolute atomic E-state index is 2.37. The standard InChI is InChI=1S/C54H38N2S/c1-4-12-39(13-5-1)41-20-28-46(29-21-41)55(45-16-8-3-9-17-45)47-30-24-43(25-31-47)44-26-34-49(35-27-44)56(48-32-22-42(23-33-48)40-14-6-2-7-15-40)50-36-37-54-52(38-50)51-18-10-11-19-53(51)57-54/h1-38H. The molecule has 0 bridgehead atoms. The highest BCUT2D eigenvalue weighted by Gasteiger charge is 2.17. The van der Waals surface area contributed by atoms with E-state index in [4.69, 9.17) is 0 Å². The topological polar surface area (TPSA) is 6.48 Å². The molecule has 0 unspecified atom stereocenters. The van der Waals surface area contributed by atoms with Gasteiger partial charge in [0.15, 0.2) is 0 Å². The van der Waals surface area contributed by atoms with E-state index in [-0.39, 0.29) is 0 Å². The maximum atomic E-state index is 2.37. The van der Waals surface area contributed by atoms with Crippen molar-refractivity contribution in [2.75, 3.05) is 9.80 Å². The minimum Gasteiger partial charge on any atom is -0.311 e. The fourth-order valence-electron chi connectivity index (χ4n) is 7.80. The summed E-state index contributed by atoms with van der Waals surface area (Å²) >= 11 is 1.85. The Bertz CT molecular complexity index is 2900. The smallest absolute Gasteiger partial charge is 0.0468 e. The number of hydrogen-bond donors (Lipinski definition) is 0. The monoisotopic (exact) mass is 746 g/mol. The highest BCUT2D eigenvalue weighted by molar-refractivity contribution is 7.25. The lowest BCUT2D eigenvalue weighted by molar-refractivity contribution is 1.28. The van der Waals surface area contributed by atoms with Crippen molar-refractivity contribution in [2.24, 2.45) is 0 Å². The van der Waals surface area contributed by atoms with E-state index in [1.165, 1.54) is 53.6 Å². The molecule has 0 fully saturated rings. The first kappa shape index (κ1) is 34.3. The third kappa shape index (κ3) is 6.86. The van der Waals surface area contributed by atoms with Crippen LogP contribution in [0.2, 0.25) is 0 Å². The number of thiophene rings is 1. The molecule has 0 atom stereocenters. The van der Waals surface area contributed by atoms with Crippen molar-refractivity contribution in [1.29, 1.82) is 0 Å². The molecule has 10 aromatic rings. The Hall–Kier alpha value is -7.20. The van der Waals surface area contributed by atoms with Crippen LogP contribution in [0.1, 0.15) is 0 Å². The summed E-state index contributed by atoms with van der Waals surface area (Å²) in [5.41, 5.74) is 13.9. The van der Waals surface area contributed by atoms with E-state index in [1.807, 2.05) is 11.3 Å². The molecule has 10 rings (SSSR count). The molecule has 0 aliphatic carbocycles. The zero-order valence-electron chi connectivity index (χ0n) is 31.2. The molecule has 0 aliphatic rings.